The van der Waals surface area contributed by atoms with E-state index in [1.807, 2.05) is 12.1 Å². The zero-order valence-electron chi connectivity index (χ0n) is 12.5. The number of aromatic nitrogens is 1. The minimum Gasteiger partial charge on any atom is -0.353 e. The van der Waals surface area contributed by atoms with E-state index in [1.165, 1.54) is 25.8 Å². The largest absolute Gasteiger partial charge is 0.353 e. The highest BCUT2D eigenvalue weighted by atomic mass is 127. The molecule has 0 saturated heterocycles. The second-order valence-corrected chi connectivity index (χ2v) is 8.08. The van der Waals surface area contributed by atoms with E-state index in [1.54, 1.807) is 0 Å². The minimum absolute atomic E-state index is 0.728. The van der Waals surface area contributed by atoms with Gasteiger partial charge < -0.3 is 10.7 Å². The number of nitrogens with one attached hydrogen (secondary N) is 1. The number of hydrogen-bond acceptors (Lipinski definition) is 1. The summed E-state index contributed by atoms with van der Waals surface area (Å²) >= 11 is 12.2. The van der Waals surface area contributed by atoms with Crippen LogP contribution < -0.4 is 5.73 Å². The number of unbranched alkanes of at least 4 members (excludes halogenated alkanes) is 1. The number of fused-ring (bicyclic) bond motifs is 1. The van der Waals surface area contributed by atoms with E-state index in [0.717, 1.165) is 40.8 Å². The van der Waals surface area contributed by atoms with Gasteiger partial charge in [-0.15, -0.1) is 0 Å². The zero-order valence-corrected chi connectivity index (χ0v) is 17.0. The molecule has 1 heterocycles. The number of rotatable bonds is 5. The number of aromatic amines is 1. The fourth-order valence-corrected chi connectivity index (χ4v) is 4.32. The molecule has 3 aromatic rings. The lowest BCUT2D eigenvalue weighted by Gasteiger charge is -2.06. The summed E-state index contributed by atoms with van der Waals surface area (Å²) in [6.45, 7) is 0.728. The van der Waals surface area contributed by atoms with Gasteiger partial charge in [0, 0.05) is 24.1 Å². The highest BCUT2D eigenvalue weighted by Gasteiger charge is 2.15. The summed E-state index contributed by atoms with van der Waals surface area (Å²) in [6.07, 6.45) is 3.09. The van der Waals surface area contributed by atoms with Gasteiger partial charge in [-0.2, -0.15) is 0 Å². The molecule has 0 spiro atoms. The van der Waals surface area contributed by atoms with Crippen LogP contribution in [0.4, 0.5) is 0 Å². The van der Waals surface area contributed by atoms with Crippen LogP contribution in [0.2, 0.25) is 5.02 Å². The summed E-state index contributed by atoms with van der Waals surface area (Å²) in [5, 5.41) is 1.94. The quantitative estimate of drug-likeness (QED) is 0.319. The Hall–Kier alpha value is -0.560. The van der Waals surface area contributed by atoms with Crippen molar-refractivity contribution in [3.8, 4) is 11.3 Å². The van der Waals surface area contributed by atoms with Crippen molar-refractivity contribution in [1.29, 1.82) is 0 Å². The Kier molecular flexibility index (Phi) is 5.67. The lowest BCUT2D eigenvalue weighted by molar-refractivity contribution is 0.748. The maximum atomic E-state index is 6.27. The molecule has 0 aliphatic carbocycles. The number of halogens is 3. The lowest BCUT2D eigenvalue weighted by Crippen LogP contribution is -1.99. The van der Waals surface area contributed by atoms with Gasteiger partial charge in [0.05, 0.1) is 5.52 Å². The van der Waals surface area contributed by atoms with Crippen molar-refractivity contribution in [2.24, 2.45) is 5.73 Å². The Morgan fingerprint density at radius 3 is 2.74 bits per heavy atom. The van der Waals surface area contributed by atoms with Crippen LogP contribution in [0.5, 0.6) is 0 Å². The first-order chi connectivity index (χ1) is 11.1. The molecule has 0 aliphatic heterocycles. The molecule has 0 amide bonds. The summed E-state index contributed by atoms with van der Waals surface area (Å²) in [6, 6.07) is 12.5. The van der Waals surface area contributed by atoms with Crippen molar-refractivity contribution in [3.63, 3.8) is 0 Å². The molecule has 0 aliphatic rings. The smallest absolute Gasteiger partial charge is 0.0607 e. The molecule has 3 N–H and O–H groups in total. The Bertz CT molecular complexity index is 844. The Balaban J connectivity index is 2.19. The van der Waals surface area contributed by atoms with Gasteiger partial charge in [-0.1, -0.05) is 23.7 Å². The Morgan fingerprint density at radius 1 is 1.17 bits per heavy atom. The molecule has 1 aromatic heterocycles. The highest BCUT2D eigenvalue weighted by molar-refractivity contribution is 14.1. The molecule has 3 rings (SSSR count). The van der Waals surface area contributed by atoms with Crippen LogP contribution in [0.3, 0.4) is 0 Å². The molecular formula is C18H17BrClIN2. The SMILES string of the molecule is NCCCCc1c(-c2cccc(I)c2)[nH]c2c(Br)cc(Cl)cc12. The predicted molar refractivity (Wildman–Crippen MR) is 111 cm³/mol. The van der Waals surface area contributed by atoms with Gasteiger partial charge in [-0.05, 0) is 99.7 Å². The first kappa shape index (κ1) is 17.3. The maximum absolute atomic E-state index is 6.27. The van der Waals surface area contributed by atoms with Crippen LogP contribution in [0.15, 0.2) is 40.9 Å². The van der Waals surface area contributed by atoms with Gasteiger partial charge in [-0.3, -0.25) is 0 Å². The molecule has 0 fully saturated rings. The summed E-state index contributed by atoms with van der Waals surface area (Å²) in [4.78, 5) is 3.59. The molecule has 0 radical (unpaired) electrons. The van der Waals surface area contributed by atoms with Crippen LogP contribution >= 0.6 is 50.1 Å². The minimum atomic E-state index is 0.728. The Labute approximate surface area is 163 Å². The maximum Gasteiger partial charge on any atom is 0.0607 e. The van der Waals surface area contributed by atoms with Crippen LogP contribution in [0.1, 0.15) is 18.4 Å². The second kappa shape index (κ2) is 7.55. The number of benzene rings is 2. The lowest BCUT2D eigenvalue weighted by atomic mass is 10.0. The van der Waals surface area contributed by atoms with E-state index >= 15 is 0 Å². The fraction of sp³-hybridized carbons (Fsp3) is 0.222. The van der Waals surface area contributed by atoms with Crippen molar-refractivity contribution in [3.05, 3.63) is 55.0 Å². The van der Waals surface area contributed by atoms with E-state index < -0.39 is 0 Å². The summed E-state index contributed by atoms with van der Waals surface area (Å²) in [7, 11) is 0. The van der Waals surface area contributed by atoms with Crippen LogP contribution in [-0.4, -0.2) is 11.5 Å². The van der Waals surface area contributed by atoms with Crippen molar-refractivity contribution >= 4 is 61.0 Å². The van der Waals surface area contributed by atoms with E-state index in [2.05, 4.69) is 67.8 Å². The van der Waals surface area contributed by atoms with E-state index in [0.29, 0.717) is 0 Å². The first-order valence-electron chi connectivity index (χ1n) is 7.55. The van der Waals surface area contributed by atoms with E-state index in [4.69, 9.17) is 17.3 Å². The van der Waals surface area contributed by atoms with Gasteiger partial charge in [0.15, 0.2) is 0 Å². The van der Waals surface area contributed by atoms with Gasteiger partial charge in [0.2, 0.25) is 0 Å². The zero-order chi connectivity index (χ0) is 16.4. The number of aryl methyl sites for hydroxylation is 1. The van der Waals surface area contributed by atoms with Crippen LogP contribution in [0.25, 0.3) is 22.2 Å². The van der Waals surface area contributed by atoms with E-state index in [9.17, 15) is 0 Å². The molecule has 23 heavy (non-hydrogen) atoms. The third-order valence-corrected chi connectivity index (χ3v) is 5.44. The van der Waals surface area contributed by atoms with Gasteiger partial charge in [-0.25, -0.2) is 0 Å². The van der Waals surface area contributed by atoms with Crippen molar-refractivity contribution in [2.45, 2.75) is 19.3 Å². The van der Waals surface area contributed by atoms with E-state index in [-0.39, 0.29) is 0 Å². The predicted octanol–water partition coefficient (Wildman–Crippen LogP) is 6.14. The third-order valence-electron chi connectivity index (χ3n) is 3.93. The summed E-state index contributed by atoms with van der Waals surface area (Å²) < 4.78 is 2.22. The summed E-state index contributed by atoms with van der Waals surface area (Å²) in [5.74, 6) is 0. The monoisotopic (exact) mass is 502 g/mol. The molecule has 5 heteroatoms. The normalized spacial score (nSPS) is 11.3. The first-order valence-corrected chi connectivity index (χ1v) is 9.80. The standard InChI is InChI=1S/C18H17BrClIN2/c19-16-10-12(20)9-15-14(6-1-2-7-22)17(23-18(15)16)11-4-3-5-13(21)8-11/h3-5,8-10,23H,1-2,6-7,22H2. The third kappa shape index (κ3) is 3.76. The molecule has 0 unspecified atom stereocenters. The van der Waals surface area contributed by atoms with Crippen molar-refractivity contribution in [2.75, 3.05) is 6.54 Å². The number of nitrogens with two attached hydrogens (primary N) is 1. The fourth-order valence-electron chi connectivity index (χ4n) is 2.87. The highest BCUT2D eigenvalue weighted by Crippen LogP contribution is 2.37. The van der Waals surface area contributed by atoms with Crippen molar-refractivity contribution in [1.82, 2.24) is 4.98 Å². The number of hydrogen-bond donors (Lipinski definition) is 2. The van der Waals surface area contributed by atoms with Gasteiger partial charge >= 0.3 is 0 Å². The molecule has 2 nitrogen and oxygen atoms in total. The van der Waals surface area contributed by atoms with Gasteiger partial charge in [0.25, 0.3) is 0 Å². The van der Waals surface area contributed by atoms with Crippen LogP contribution in [0, 0.1) is 3.57 Å². The topological polar surface area (TPSA) is 41.8 Å². The molecular weight excluding hydrogens is 486 g/mol. The molecule has 0 atom stereocenters. The number of H-pyrrole nitrogens is 1. The van der Waals surface area contributed by atoms with Gasteiger partial charge in [0.1, 0.15) is 0 Å². The van der Waals surface area contributed by atoms with Crippen LogP contribution in [-0.2, 0) is 6.42 Å². The average Bonchev–Trinajstić information content (AvgIpc) is 2.87. The molecule has 0 saturated carbocycles. The second-order valence-electron chi connectivity index (χ2n) is 5.54. The summed E-state index contributed by atoms with van der Waals surface area (Å²) in [5.41, 5.74) is 10.5. The average molecular weight is 504 g/mol. The van der Waals surface area contributed by atoms with Crippen molar-refractivity contribution < 1.29 is 0 Å². The molecule has 2 aromatic carbocycles. The molecule has 0 bridgehead atoms. The Morgan fingerprint density at radius 2 is 2.00 bits per heavy atom. The molecule has 120 valence electrons.